The van der Waals surface area contributed by atoms with E-state index >= 15 is 0 Å². The van der Waals surface area contributed by atoms with E-state index in [1.807, 2.05) is 0 Å². The number of hydrogen-bond donors (Lipinski definition) is 3. The van der Waals surface area contributed by atoms with E-state index in [2.05, 4.69) is 5.32 Å². The zero-order valence-corrected chi connectivity index (χ0v) is 11.0. The predicted octanol–water partition coefficient (Wildman–Crippen LogP) is 2.06. The second-order valence-corrected chi connectivity index (χ2v) is 5.18. The molecule has 0 spiro atoms. The van der Waals surface area contributed by atoms with Gasteiger partial charge in [-0.2, -0.15) is 0 Å². The Bertz CT molecular complexity index is 433. The molecule has 1 fully saturated rings. The van der Waals surface area contributed by atoms with Gasteiger partial charge in [0.15, 0.2) is 0 Å². The third-order valence-corrected chi connectivity index (χ3v) is 3.86. The van der Waals surface area contributed by atoms with Gasteiger partial charge in [-0.15, -0.1) is 0 Å². The quantitative estimate of drug-likeness (QED) is 0.731. The van der Waals surface area contributed by atoms with E-state index in [-0.39, 0.29) is 30.2 Å². The molecule has 3 N–H and O–H groups in total. The van der Waals surface area contributed by atoms with Gasteiger partial charge in [-0.1, -0.05) is 31.4 Å². The molecule has 1 aliphatic rings. The molecule has 1 aliphatic carbocycles. The van der Waals surface area contributed by atoms with Crippen molar-refractivity contribution >= 4 is 5.91 Å². The van der Waals surface area contributed by atoms with Crippen molar-refractivity contribution in [2.45, 2.75) is 38.1 Å². The van der Waals surface area contributed by atoms with Gasteiger partial charge >= 0.3 is 0 Å². The average Bonchev–Trinajstić information content (AvgIpc) is 2.64. The predicted molar refractivity (Wildman–Crippen MR) is 73.0 cm³/mol. The van der Waals surface area contributed by atoms with Crippen LogP contribution in [0.15, 0.2) is 24.3 Å². The molecule has 0 saturated heterocycles. The first-order chi connectivity index (χ1) is 9.22. The maximum absolute atomic E-state index is 12.2. The van der Waals surface area contributed by atoms with Crippen molar-refractivity contribution in [1.82, 2.24) is 5.32 Å². The Morgan fingerprint density at radius 1 is 1.21 bits per heavy atom. The normalized spacial score (nSPS) is 23.6. The largest absolute Gasteiger partial charge is 0.507 e. The van der Waals surface area contributed by atoms with E-state index in [9.17, 15) is 15.0 Å². The van der Waals surface area contributed by atoms with Crippen molar-refractivity contribution in [1.29, 1.82) is 0 Å². The van der Waals surface area contributed by atoms with E-state index in [0.29, 0.717) is 5.56 Å². The summed E-state index contributed by atoms with van der Waals surface area (Å²) < 4.78 is 0. The average molecular weight is 263 g/mol. The number of amides is 1. The fourth-order valence-electron chi connectivity index (χ4n) is 2.70. The van der Waals surface area contributed by atoms with E-state index in [0.717, 1.165) is 32.1 Å². The van der Waals surface area contributed by atoms with E-state index < -0.39 is 0 Å². The zero-order valence-electron chi connectivity index (χ0n) is 11.0. The van der Waals surface area contributed by atoms with E-state index in [4.69, 9.17) is 0 Å². The van der Waals surface area contributed by atoms with Crippen LogP contribution in [0.4, 0.5) is 0 Å². The molecular formula is C15H21NO3. The van der Waals surface area contributed by atoms with E-state index in [1.165, 1.54) is 6.07 Å². The molecule has 1 aromatic rings. The Labute approximate surface area is 113 Å². The number of benzene rings is 1. The lowest BCUT2D eigenvalue weighted by atomic mass is 9.95. The molecule has 0 bridgehead atoms. The number of aliphatic hydroxyl groups excluding tert-OH is 1. The summed E-state index contributed by atoms with van der Waals surface area (Å²) in [5, 5.41) is 22.1. The number of aromatic hydroxyl groups is 1. The summed E-state index contributed by atoms with van der Waals surface area (Å²) in [6, 6.07) is 6.53. The third-order valence-electron chi connectivity index (χ3n) is 3.86. The van der Waals surface area contributed by atoms with Crippen LogP contribution in [-0.4, -0.2) is 28.8 Å². The Hall–Kier alpha value is -1.55. The molecule has 1 aromatic carbocycles. The van der Waals surface area contributed by atoms with Crippen LogP contribution in [0.5, 0.6) is 5.75 Å². The number of carbonyl (C=O) groups excluding carboxylic acids is 1. The van der Waals surface area contributed by atoms with Crippen molar-refractivity contribution in [3.63, 3.8) is 0 Å². The van der Waals surface area contributed by atoms with Gasteiger partial charge in [0.05, 0.1) is 5.56 Å². The van der Waals surface area contributed by atoms with Crippen molar-refractivity contribution in [2.75, 3.05) is 6.61 Å². The number of phenolic OH excluding ortho intramolecular Hbond substituents is 1. The van der Waals surface area contributed by atoms with Gasteiger partial charge in [0.25, 0.3) is 5.91 Å². The minimum atomic E-state index is -0.261. The lowest BCUT2D eigenvalue weighted by molar-refractivity contribution is 0.0897. The van der Waals surface area contributed by atoms with Crippen LogP contribution in [0.3, 0.4) is 0 Å². The lowest BCUT2D eigenvalue weighted by Crippen LogP contribution is -2.41. The van der Waals surface area contributed by atoms with Gasteiger partial charge in [0.2, 0.25) is 0 Å². The Morgan fingerprint density at radius 2 is 1.95 bits per heavy atom. The summed E-state index contributed by atoms with van der Waals surface area (Å²) in [7, 11) is 0. The molecule has 2 rings (SSSR count). The molecule has 19 heavy (non-hydrogen) atoms. The first-order valence-electron chi connectivity index (χ1n) is 6.92. The lowest BCUT2D eigenvalue weighted by Gasteiger charge is -2.24. The van der Waals surface area contributed by atoms with Gasteiger partial charge in [-0.25, -0.2) is 0 Å². The molecule has 1 amide bonds. The monoisotopic (exact) mass is 263 g/mol. The first-order valence-corrected chi connectivity index (χ1v) is 6.92. The maximum atomic E-state index is 12.2. The minimum Gasteiger partial charge on any atom is -0.507 e. The summed E-state index contributed by atoms with van der Waals surface area (Å²) in [5.74, 6) is -0.144. The summed E-state index contributed by atoms with van der Waals surface area (Å²) >= 11 is 0. The molecule has 2 unspecified atom stereocenters. The molecule has 4 nitrogen and oxygen atoms in total. The number of hydrogen-bond acceptors (Lipinski definition) is 3. The Morgan fingerprint density at radius 3 is 2.68 bits per heavy atom. The zero-order chi connectivity index (χ0) is 13.7. The van der Waals surface area contributed by atoms with Crippen LogP contribution in [0.1, 0.15) is 42.5 Å². The van der Waals surface area contributed by atoms with Crippen molar-refractivity contribution in [2.24, 2.45) is 5.92 Å². The SMILES string of the molecule is O=C(NC1CCCCCC1CO)c1ccccc1O. The molecule has 1 saturated carbocycles. The van der Waals surface area contributed by atoms with Crippen molar-refractivity contribution in [3.05, 3.63) is 29.8 Å². The smallest absolute Gasteiger partial charge is 0.255 e. The Kier molecular flexibility index (Phi) is 4.80. The highest BCUT2D eigenvalue weighted by molar-refractivity contribution is 5.96. The number of rotatable bonds is 3. The van der Waals surface area contributed by atoms with Crippen LogP contribution in [0.25, 0.3) is 0 Å². The van der Waals surface area contributed by atoms with Crippen LogP contribution >= 0.6 is 0 Å². The maximum Gasteiger partial charge on any atom is 0.255 e. The molecule has 0 aliphatic heterocycles. The Balaban J connectivity index is 2.06. The number of phenols is 1. The molecule has 4 heteroatoms. The standard InChI is InChI=1S/C15H21NO3/c17-10-11-6-2-1-3-8-13(11)16-15(19)12-7-4-5-9-14(12)18/h4-5,7,9,11,13,17-18H,1-3,6,8,10H2,(H,16,19). The molecule has 0 aromatic heterocycles. The first kappa shape index (κ1) is 13.9. The second kappa shape index (κ2) is 6.57. The molecule has 0 heterocycles. The molecule has 104 valence electrons. The third kappa shape index (κ3) is 3.47. The number of para-hydroxylation sites is 1. The highest BCUT2D eigenvalue weighted by atomic mass is 16.3. The summed E-state index contributed by atoms with van der Waals surface area (Å²) in [4.78, 5) is 12.2. The van der Waals surface area contributed by atoms with Crippen molar-refractivity contribution < 1.29 is 15.0 Å². The topological polar surface area (TPSA) is 69.6 Å². The number of carbonyl (C=O) groups is 1. The number of aliphatic hydroxyl groups is 1. The highest BCUT2D eigenvalue weighted by Crippen LogP contribution is 2.24. The fraction of sp³-hybridized carbons (Fsp3) is 0.533. The minimum absolute atomic E-state index is 0.000365. The summed E-state index contributed by atoms with van der Waals surface area (Å²) in [6.07, 6.45) is 5.17. The second-order valence-electron chi connectivity index (χ2n) is 5.18. The fourth-order valence-corrected chi connectivity index (χ4v) is 2.70. The van der Waals surface area contributed by atoms with Crippen LogP contribution in [-0.2, 0) is 0 Å². The van der Waals surface area contributed by atoms with E-state index in [1.54, 1.807) is 18.2 Å². The van der Waals surface area contributed by atoms with Gasteiger partial charge in [0, 0.05) is 18.6 Å². The van der Waals surface area contributed by atoms with Crippen LogP contribution in [0, 0.1) is 5.92 Å². The van der Waals surface area contributed by atoms with Crippen LogP contribution < -0.4 is 5.32 Å². The summed E-state index contributed by atoms with van der Waals surface area (Å²) in [6.45, 7) is 0.103. The van der Waals surface area contributed by atoms with Gasteiger partial charge in [-0.05, 0) is 25.0 Å². The molecule has 0 radical (unpaired) electrons. The van der Waals surface area contributed by atoms with Gasteiger partial charge in [0.1, 0.15) is 5.75 Å². The highest BCUT2D eigenvalue weighted by Gasteiger charge is 2.25. The molecule has 2 atom stereocenters. The molecular weight excluding hydrogens is 242 g/mol. The van der Waals surface area contributed by atoms with Gasteiger partial charge in [-0.3, -0.25) is 4.79 Å². The number of nitrogens with one attached hydrogen (secondary N) is 1. The van der Waals surface area contributed by atoms with Crippen LogP contribution in [0.2, 0.25) is 0 Å². The van der Waals surface area contributed by atoms with Gasteiger partial charge < -0.3 is 15.5 Å². The summed E-state index contributed by atoms with van der Waals surface area (Å²) in [5.41, 5.74) is 0.295. The van der Waals surface area contributed by atoms with Crippen molar-refractivity contribution in [3.8, 4) is 5.75 Å².